The van der Waals surface area contributed by atoms with Gasteiger partial charge in [-0.05, 0) is 48.0 Å². The summed E-state index contributed by atoms with van der Waals surface area (Å²) in [6.07, 6.45) is -0.714. The molecule has 0 aromatic carbocycles. The number of carboxylic acid groups (broad SMARTS) is 1. The molecule has 0 aromatic heterocycles. The molecule has 0 saturated carbocycles. The van der Waals surface area contributed by atoms with Crippen LogP contribution in [0.25, 0.3) is 0 Å². The predicted octanol–water partition coefficient (Wildman–Crippen LogP) is 2.69. The first kappa shape index (κ1) is 20.8. The average Bonchev–Trinajstić information content (AvgIpc) is 2.28. The van der Waals surface area contributed by atoms with Gasteiger partial charge >= 0.3 is 18.2 Å². The number of amides is 2. The highest BCUT2D eigenvalue weighted by molar-refractivity contribution is 5.82. The fourth-order valence-corrected chi connectivity index (χ4v) is 1.44. The number of aliphatic carboxylic acids is 1. The summed E-state index contributed by atoms with van der Waals surface area (Å²) < 4.78 is 10.2. The van der Waals surface area contributed by atoms with Crippen molar-refractivity contribution in [3.8, 4) is 0 Å². The van der Waals surface area contributed by atoms with Crippen LogP contribution in [0.15, 0.2) is 12.7 Å². The summed E-state index contributed by atoms with van der Waals surface area (Å²) in [4.78, 5) is 35.5. The lowest BCUT2D eigenvalue weighted by Crippen LogP contribution is -2.56. The number of hydrogen-bond acceptors (Lipinski definition) is 5. The highest BCUT2D eigenvalue weighted by Crippen LogP contribution is 2.14. The number of carbonyl (C=O) groups is 3. The van der Waals surface area contributed by atoms with Crippen molar-refractivity contribution in [1.82, 2.24) is 10.4 Å². The normalized spacial score (nSPS) is 12.8. The van der Waals surface area contributed by atoms with Crippen molar-refractivity contribution in [3.63, 3.8) is 0 Å². The smallest absolute Gasteiger partial charge is 0.430 e. The molecule has 132 valence electrons. The highest BCUT2D eigenvalue weighted by Gasteiger charge is 2.34. The molecule has 0 radical (unpaired) electrons. The van der Waals surface area contributed by atoms with Gasteiger partial charge in [0.05, 0.1) is 0 Å². The van der Waals surface area contributed by atoms with E-state index < -0.39 is 35.4 Å². The van der Waals surface area contributed by atoms with Crippen LogP contribution in [0.4, 0.5) is 9.59 Å². The first-order valence-electron chi connectivity index (χ1n) is 7.12. The molecule has 2 N–H and O–H groups in total. The van der Waals surface area contributed by atoms with E-state index in [0.29, 0.717) is 5.01 Å². The number of rotatable bonds is 4. The number of nitrogens with one attached hydrogen (secondary N) is 1. The third-order valence-electron chi connectivity index (χ3n) is 2.19. The van der Waals surface area contributed by atoms with E-state index in [9.17, 15) is 19.5 Å². The van der Waals surface area contributed by atoms with E-state index in [2.05, 4.69) is 12.0 Å². The minimum Gasteiger partial charge on any atom is -0.480 e. The number of nitrogens with zero attached hydrogens (tertiary/aromatic N) is 1. The average molecular weight is 330 g/mol. The number of carboxylic acids is 1. The largest absolute Gasteiger partial charge is 0.480 e. The van der Waals surface area contributed by atoms with E-state index in [1.807, 2.05) is 0 Å². The van der Waals surface area contributed by atoms with Crippen molar-refractivity contribution in [2.24, 2.45) is 0 Å². The van der Waals surface area contributed by atoms with E-state index >= 15 is 0 Å². The van der Waals surface area contributed by atoms with Gasteiger partial charge < -0.3 is 14.6 Å². The monoisotopic (exact) mass is 330 g/mol. The van der Waals surface area contributed by atoms with E-state index in [1.165, 1.54) is 6.08 Å². The second kappa shape index (κ2) is 7.85. The lowest BCUT2D eigenvalue weighted by atomic mass is 10.2. The Balaban J connectivity index is 5.35. The number of carbonyl (C=O) groups excluding carboxylic acids is 2. The van der Waals surface area contributed by atoms with Gasteiger partial charge in [0.1, 0.15) is 11.2 Å². The van der Waals surface area contributed by atoms with Gasteiger partial charge in [-0.25, -0.2) is 24.8 Å². The van der Waals surface area contributed by atoms with Crippen LogP contribution in [-0.4, -0.2) is 45.5 Å². The molecule has 0 fully saturated rings. The third-order valence-corrected chi connectivity index (χ3v) is 2.19. The number of ether oxygens (including phenoxy) is 2. The first-order valence-corrected chi connectivity index (χ1v) is 7.12. The molecule has 0 unspecified atom stereocenters. The summed E-state index contributed by atoms with van der Waals surface area (Å²) in [5.41, 5.74) is 0.468. The van der Waals surface area contributed by atoms with Crippen molar-refractivity contribution in [1.29, 1.82) is 0 Å². The summed E-state index contributed by atoms with van der Waals surface area (Å²) >= 11 is 0. The molecule has 0 bridgehead atoms. The van der Waals surface area contributed by atoms with Gasteiger partial charge in [0.25, 0.3) is 0 Å². The second-order valence-corrected chi connectivity index (χ2v) is 6.84. The molecule has 0 saturated heterocycles. The molecule has 23 heavy (non-hydrogen) atoms. The Bertz CT molecular complexity index is 462. The Labute approximate surface area is 136 Å². The Morgan fingerprint density at radius 3 is 1.96 bits per heavy atom. The van der Waals surface area contributed by atoms with Gasteiger partial charge in [-0.1, -0.05) is 6.08 Å². The molecule has 8 heteroatoms. The van der Waals surface area contributed by atoms with Crippen molar-refractivity contribution >= 4 is 18.2 Å². The SMILES string of the molecule is C=CC[C@H](C(=O)O)N(NC(=O)OC(C)(C)C)C(=O)OC(C)(C)C. The van der Waals surface area contributed by atoms with Crippen molar-refractivity contribution in [3.05, 3.63) is 12.7 Å². The van der Waals surface area contributed by atoms with Gasteiger partial charge in [-0.15, -0.1) is 6.58 Å². The topological polar surface area (TPSA) is 105 Å². The van der Waals surface area contributed by atoms with Crippen molar-refractivity contribution in [2.45, 2.75) is 65.2 Å². The summed E-state index contributed by atoms with van der Waals surface area (Å²) in [7, 11) is 0. The lowest BCUT2D eigenvalue weighted by Gasteiger charge is -2.31. The lowest BCUT2D eigenvalue weighted by molar-refractivity contribution is -0.144. The number of hydrogen-bond donors (Lipinski definition) is 2. The first-order chi connectivity index (χ1) is 10.3. The minimum atomic E-state index is -1.37. The summed E-state index contributed by atoms with van der Waals surface area (Å²) in [6.45, 7) is 13.3. The van der Waals surface area contributed by atoms with E-state index in [-0.39, 0.29) is 6.42 Å². The Morgan fingerprint density at radius 2 is 1.61 bits per heavy atom. The molecule has 0 aromatic rings. The van der Waals surface area contributed by atoms with Crippen LogP contribution in [-0.2, 0) is 14.3 Å². The van der Waals surface area contributed by atoms with Crippen LogP contribution in [0.1, 0.15) is 48.0 Å². The second-order valence-electron chi connectivity index (χ2n) is 6.84. The molecule has 0 spiro atoms. The molecule has 8 nitrogen and oxygen atoms in total. The maximum absolute atomic E-state index is 12.2. The van der Waals surface area contributed by atoms with E-state index in [4.69, 9.17) is 9.47 Å². The zero-order valence-corrected chi connectivity index (χ0v) is 14.5. The molecule has 0 aliphatic heterocycles. The maximum Gasteiger partial charge on any atom is 0.430 e. The fourth-order valence-electron chi connectivity index (χ4n) is 1.44. The number of hydrazine groups is 1. The van der Waals surface area contributed by atoms with Crippen LogP contribution < -0.4 is 5.43 Å². The van der Waals surface area contributed by atoms with E-state index in [0.717, 1.165) is 0 Å². The zero-order chi connectivity index (χ0) is 18.4. The molecule has 0 aliphatic rings. The third kappa shape index (κ3) is 8.70. The molecule has 1 atom stereocenters. The van der Waals surface area contributed by atoms with Crippen molar-refractivity contribution < 1.29 is 29.0 Å². The molecule has 2 amide bonds. The van der Waals surface area contributed by atoms with Crippen LogP contribution in [0.5, 0.6) is 0 Å². The van der Waals surface area contributed by atoms with E-state index in [1.54, 1.807) is 41.5 Å². The van der Waals surface area contributed by atoms with Crippen LogP contribution in [0.3, 0.4) is 0 Å². The van der Waals surface area contributed by atoms with Crippen LogP contribution >= 0.6 is 0 Å². The quantitative estimate of drug-likeness (QED) is 0.606. The minimum absolute atomic E-state index is 0.0790. The maximum atomic E-state index is 12.2. The van der Waals surface area contributed by atoms with Gasteiger partial charge in [-0.2, -0.15) is 0 Å². The molecule has 0 heterocycles. The molecule has 0 rings (SSSR count). The van der Waals surface area contributed by atoms with Gasteiger partial charge in [0, 0.05) is 0 Å². The zero-order valence-electron chi connectivity index (χ0n) is 14.5. The summed E-state index contributed by atoms with van der Waals surface area (Å²) in [5, 5.41) is 9.88. The van der Waals surface area contributed by atoms with Crippen LogP contribution in [0.2, 0.25) is 0 Å². The Kier molecular flexibility index (Phi) is 7.08. The van der Waals surface area contributed by atoms with Crippen molar-refractivity contribution in [2.75, 3.05) is 0 Å². The summed E-state index contributed by atoms with van der Waals surface area (Å²) in [5.74, 6) is -1.31. The van der Waals surface area contributed by atoms with Crippen LogP contribution in [0, 0.1) is 0 Å². The molecular formula is C15H26N2O6. The van der Waals surface area contributed by atoms with Gasteiger partial charge in [-0.3, -0.25) is 0 Å². The molecule has 0 aliphatic carbocycles. The van der Waals surface area contributed by atoms with Gasteiger partial charge in [0.15, 0.2) is 6.04 Å². The standard InChI is InChI=1S/C15H26N2O6/c1-8-9-10(11(18)19)17(13(21)23-15(5,6)7)16-12(20)22-14(2,3)4/h8,10H,1,9H2,2-7H3,(H,16,20)(H,18,19)/t10-/m1/s1. The highest BCUT2D eigenvalue weighted by atomic mass is 16.6. The summed E-state index contributed by atoms with van der Waals surface area (Å²) in [6, 6.07) is -1.37. The fraction of sp³-hybridized carbons (Fsp3) is 0.667. The van der Waals surface area contributed by atoms with Gasteiger partial charge in [0.2, 0.25) is 0 Å². The Morgan fingerprint density at radius 1 is 1.13 bits per heavy atom. The predicted molar refractivity (Wildman–Crippen MR) is 83.7 cm³/mol. The Hall–Kier alpha value is -2.25. The molecular weight excluding hydrogens is 304 g/mol.